The monoisotopic (exact) mass is 369 g/mol. The zero-order valence-corrected chi connectivity index (χ0v) is 15.2. The first-order valence-electron chi connectivity index (χ1n) is 8.55. The topological polar surface area (TPSA) is 72.4 Å². The first-order chi connectivity index (χ1) is 12.7. The van der Waals surface area contributed by atoms with E-state index in [0.717, 1.165) is 29.9 Å². The second kappa shape index (κ2) is 7.37. The zero-order valence-electron chi connectivity index (χ0n) is 14.4. The lowest BCUT2D eigenvalue weighted by molar-refractivity contribution is -0.129. The quantitative estimate of drug-likeness (QED) is 0.588. The molecule has 0 atom stereocenters. The van der Waals surface area contributed by atoms with Crippen molar-refractivity contribution in [2.75, 3.05) is 5.75 Å². The lowest BCUT2D eigenvalue weighted by Gasteiger charge is -2.20. The van der Waals surface area contributed by atoms with E-state index in [1.165, 1.54) is 11.8 Å². The summed E-state index contributed by atoms with van der Waals surface area (Å²) in [5.41, 5.74) is 0.867. The van der Waals surface area contributed by atoms with Crippen LogP contribution in [0.1, 0.15) is 24.4 Å². The van der Waals surface area contributed by atoms with Crippen molar-refractivity contribution < 1.29 is 13.6 Å². The number of thioether (sulfide) groups is 1. The Labute approximate surface area is 155 Å². The van der Waals surface area contributed by atoms with Gasteiger partial charge in [-0.25, -0.2) is 0 Å². The van der Waals surface area contributed by atoms with Gasteiger partial charge in [0.2, 0.25) is 11.8 Å². The van der Waals surface area contributed by atoms with Gasteiger partial charge >= 0.3 is 0 Å². The van der Waals surface area contributed by atoms with Crippen molar-refractivity contribution in [2.24, 2.45) is 0 Å². The molecular formula is C19H19N3O3S. The van der Waals surface area contributed by atoms with E-state index >= 15 is 0 Å². The molecule has 2 heterocycles. The number of carbonyl (C=O) groups is 1. The Kier molecular flexibility index (Phi) is 4.79. The number of hydrogen-bond acceptors (Lipinski definition) is 6. The van der Waals surface area contributed by atoms with Crippen LogP contribution in [0.5, 0.6) is 0 Å². The Hall–Kier alpha value is -2.54. The van der Waals surface area contributed by atoms with Crippen LogP contribution < -0.4 is 0 Å². The molecule has 0 aliphatic heterocycles. The third-order valence-electron chi connectivity index (χ3n) is 4.18. The van der Waals surface area contributed by atoms with Crippen LogP contribution in [-0.2, 0) is 11.3 Å². The number of nitrogens with zero attached hydrogens (tertiary/aromatic N) is 3. The molecule has 26 heavy (non-hydrogen) atoms. The van der Waals surface area contributed by atoms with Gasteiger partial charge in [-0.3, -0.25) is 4.79 Å². The molecule has 4 rings (SSSR count). The van der Waals surface area contributed by atoms with Gasteiger partial charge in [0, 0.05) is 11.6 Å². The van der Waals surface area contributed by atoms with E-state index in [1.807, 2.05) is 54.3 Å². The zero-order chi connectivity index (χ0) is 17.9. The summed E-state index contributed by atoms with van der Waals surface area (Å²) < 4.78 is 11.3. The highest BCUT2D eigenvalue weighted by atomic mass is 32.2. The van der Waals surface area contributed by atoms with E-state index < -0.39 is 0 Å². The molecule has 0 radical (unpaired) electrons. The Morgan fingerprint density at radius 3 is 2.65 bits per heavy atom. The van der Waals surface area contributed by atoms with Gasteiger partial charge in [0.05, 0.1) is 12.3 Å². The molecule has 1 aliphatic carbocycles. The number of hydrogen-bond donors (Lipinski definition) is 0. The number of furan rings is 1. The minimum atomic E-state index is 0.0611. The number of aryl methyl sites for hydroxylation is 1. The van der Waals surface area contributed by atoms with Gasteiger partial charge in [0.15, 0.2) is 0 Å². The summed E-state index contributed by atoms with van der Waals surface area (Å²) in [6.45, 7) is 2.42. The van der Waals surface area contributed by atoms with E-state index in [2.05, 4.69) is 10.2 Å². The molecule has 3 aromatic rings. The van der Waals surface area contributed by atoms with Crippen LogP contribution in [0, 0.1) is 6.92 Å². The first kappa shape index (κ1) is 16.9. The summed E-state index contributed by atoms with van der Waals surface area (Å²) in [6.07, 6.45) is 2.10. The molecule has 134 valence electrons. The second-order valence-corrected chi connectivity index (χ2v) is 7.22. The average Bonchev–Trinajstić information content (AvgIpc) is 3.24. The number of amides is 1. The van der Waals surface area contributed by atoms with Crippen LogP contribution in [0.2, 0.25) is 0 Å². The molecule has 0 unspecified atom stereocenters. The highest BCUT2D eigenvalue weighted by Crippen LogP contribution is 2.30. The van der Waals surface area contributed by atoms with Gasteiger partial charge in [-0.1, -0.05) is 30.0 Å². The molecule has 1 fully saturated rings. The molecule has 0 bridgehead atoms. The van der Waals surface area contributed by atoms with Crippen molar-refractivity contribution in [3.8, 4) is 11.5 Å². The summed E-state index contributed by atoms with van der Waals surface area (Å²) >= 11 is 1.27. The van der Waals surface area contributed by atoms with Crippen molar-refractivity contribution in [1.29, 1.82) is 0 Å². The van der Waals surface area contributed by atoms with E-state index in [0.29, 0.717) is 23.7 Å². The Morgan fingerprint density at radius 2 is 1.96 bits per heavy atom. The smallest absolute Gasteiger partial charge is 0.277 e. The predicted octanol–water partition coefficient (Wildman–Crippen LogP) is 3.92. The van der Waals surface area contributed by atoms with Crippen molar-refractivity contribution in [3.05, 3.63) is 54.0 Å². The summed E-state index contributed by atoms with van der Waals surface area (Å²) in [5.74, 6) is 2.47. The fourth-order valence-corrected chi connectivity index (χ4v) is 3.37. The molecule has 6 nitrogen and oxygen atoms in total. The van der Waals surface area contributed by atoms with Crippen LogP contribution in [0.15, 0.2) is 56.5 Å². The largest absolute Gasteiger partial charge is 0.464 e. The van der Waals surface area contributed by atoms with Crippen LogP contribution in [-0.4, -0.2) is 32.8 Å². The predicted molar refractivity (Wildman–Crippen MR) is 97.5 cm³/mol. The lowest BCUT2D eigenvalue weighted by atomic mass is 10.2. The fraction of sp³-hybridized carbons (Fsp3) is 0.316. The minimum absolute atomic E-state index is 0.0611. The van der Waals surface area contributed by atoms with Gasteiger partial charge < -0.3 is 13.7 Å². The van der Waals surface area contributed by atoms with E-state index in [1.54, 1.807) is 0 Å². The molecule has 1 saturated carbocycles. The Balaban J connectivity index is 1.37. The van der Waals surface area contributed by atoms with Crippen molar-refractivity contribution in [2.45, 2.75) is 37.6 Å². The molecule has 1 aliphatic rings. The molecule has 0 saturated heterocycles. The SMILES string of the molecule is Cc1ccc(CN(C(=O)CSc2nnc(-c3ccccc3)o2)C2CC2)o1. The summed E-state index contributed by atoms with van der Waals surface area (Å²) in [5, 5.41) is 8.48. The number of rotatable bonds is 7. The van der Waals surface area contributed by atoms with E-state index in [4.69, 9.17) is 8.83 Å². The molecular weight excluding hydrogens is 350 g/mol. The third-order valence-corrected chi connectivity index (χ3v) is 4.98. The number of carbonyl (C=O) groups excluding carboxylic acids is 1. The normalized spacial score (nSPS) is 13.7. The van der Waals surface area contributed by atoms with Crippen LogP contribution in [0.25, 0.3) is 11.5 Å². The lowest BCUT2D eigenvalue weighted by Crippen LogP contribution is -2.33. The molecule has 1 amide bonds. The molecule has 0 spiro atoms. The molecule has 2 aromatic heterocycles. The van der Waals surface area contributed by atoms with Gasteiger partial charge in [-0.05, 0) is 44.0 Å². The average molecular weight is 369 g/mol. The van der Waals surface area contributed by atoms with Gasteiger partial charge in [-0.15, -0.1) is 10.2 Å². The summed E-state index contributed by atoms with van der Waals surface area (Å²) in [4.78, 5) is 14.5. The van der Waals surface area contributed by atoms with Crippen LogP contribution in [0.3, 0.4) is 0 Å². The Morgan fingerprint density at radius 1 is 1.15 bits per heavy atom. The second-order valence-electron chi connectivity index (χ2n) is 6.29. The van der Waals surface area contributed by atoms with Crippen molar-refractivity contribution in [1.82, 2.24) is 15.1 Å². The minimum Gasteiger partial charge on any atom is -0.464 e. The van der Waals surface area contributed by atoms with Crippen molar-refractivity contribution >= 4 is 17.7 Å². The van der Waals surface area contributed by atoms with Gasteiger partial charge in [0.25, 0.3) is 5.22 Å². The third kappa shape index (κ3) is 3.99. The Bertz CT molecular complexity index is 886. The molecule has 7 heteroatoms. The van der Waals surface area contributed by atoms with Crippen LogP contribution >= 0.6 is 11.8 Å². The molecule has 0 N–H and O–H groups in total. The van der Waals surface area contributed by atoms with Crippen LogP contribution in [0.4, 0.5) is 0 Å². The first-order valence-corrected chi connectivity index (χ1v) is 9.54. The maximum Gasteiger partial charge on any atom is 0.277 e. The maximum atomic E-state index is 12.7. The fourth-order valence-electron chi connectivity index (χ4n) is 2.72. The van der Waals surface area contributed by atoms with Gasteiger partial charge in [-0.2, -0.15) is 0 Å². The maximum absolute atomic E-state index is 12.7. The highest BCUT2D eigenvalue weighted by Gasteiger charge is 2.33. The standard InChI is InChI=1S/C19H19N3O3S/c1-13-7-10-16(24-13)11-22(15-8-9-15)17(23)12-26-19-21-20-18(25-19)14-5-3-2-4-6-14/h2-7,10,15H,8-9,11-12H2,1H3. The molecule has 1 aromatic carbocycles. The van der Waals surface area contributed by atoms with Gasteiger partial charge in [0.1, 0.15) is 11.5 Å². The highest BCUT2D eigenvalue weighted by molar-refractivity contribution is 7.99. The summed E-state index contributed by atoms with van der Waals surface area (Å²) in [6, 6.07) is 13.7. The van der Waals surface area contributed by atoms with E-state index in [-0.39, 0.29) is 11.7 Å². The van der Waals surface area contributed by atoms with Crippen molar-refractivity contribution in [3.63, 3.8) is 0 Å². The number of benzene rings is 1. The summed E-state index contributed by atoms with van der Waals surface area (Å²) in [7, 11) is 0. The number of aromatic nitrogens is 2. The van der Waals surface area contributed by atoms with E-state index in [9.17, 15) is 4.79 Å².